The molecule has 0 aliphatic carbocycles. The number of rotatable bonds is 5. The Morgan fingerprint density at radius 2 is 2.15 bits per heavy atom. The van der Waals surface area contributed by atoms with Crippen LogP contribution in [0.4, 0.5) is 0 Å². The molecule has 5 heteroatoms. The zero-order valence-corrected chi connectivity index (χ0v) is 12.3. The lowest BCUT2D eigenvalue weighted by molar-refractivity contribution is -0.138. The highest BCUT2D eigenvalue weighted by molar-refractivity contribution is 5.76. The van der Waals surface area contributed by atoms with Gasteiger partial charge in [0.25, 0.3) is 0 Å². The fraction of sp³-hybridized carbons (Fsp3) is 0.467. The van der Waals surface area contributed by atoms with Crippen molar-refractivity contribution in [3.63, 3.8) is 0 Å². The molecule has 108 valence electrons. The summed E-state index contributed by atoms with van der Waals surface area (Å²) in [5.74, 6) is 0.260. The summed E-state index contributed by atoms with van der Waals surface area (Å²) in [6.45, 7) is 6.18. The van der Waals surface area contributed by atoms with E-state index in [1.807, 2.05) is 31.0 Å². The number of benzene rings is 1. The Kier molecular flexibility index (Phi) is 4.09. The van der Waals surface area contributed by atoms with Gasteiger partial charge < -0.3 is 10.1 Å². The zero-order chi connectivity index (χ0) is 14.9. The standard InChI is InChI=1S/C15H21N3O2/c1-9(2)14(18(4)8-13(19)20)15-16-11-6-5-10(3)7-12(11)17-15/h5-7,9,14H,8H2,1-4H3,(H,16,17)(H,19,20). The van der Waals surface area contributed by atoms with Crippen LogP contribution in [-0.4, -0.2) is 39.5 Å². The van der Waals surface area contributed by atoms with Crippen molar-refractivity contribution < 1.29 is 9.90 Å². The Labute approximate surface area is 118 Å². The summed E-state index contributed by atoms with van der Waals surface area (Å²) in [5.41, 5.74) is 3.09. The van der Waals surface area contributed by atoms with Crippen LogP contribution in [0.25, 0.3) is 11.0 Å². The Balaban J connectivity index is 2.38. The van der Waals surface area contributed by atoms with E-state index in [4.69, 9.17) is 5.11 Å². The van der Waals surface area contributed by atoms with Gasteiger partial charge in [0, 0.05) is 0 Å². The van der Waals surface area contributed by atoms with Gasteiger partial charge in [-0.2, -0.15) is 0 Å². The number of carboxylic acid groups (broad SMARTS) is 1. The van der Waals surface area contributed by atoms with E-state index in [2.05, 4.69) is 29.9 Å². The van der Waals surface area contributed by atoms with Crippen molar-refractivity contribution in [2.24, 2.45) is 5.92 Å². The molecule has 2 aromatic rings. The van der Waals surface area contributed by atoms with Crippen LogP contribution < -0.4 is 0 Å². The van der Waals surface area contributed by atoms with Gasteiger partial charge in [-0.15, -0.1) is 0 Å². The number of aliphatic carboxylic acids is 1. The van der Waals surface area contributed by atoms with Crippen molar-refractivity contribution >= 4 is 17.0 Å². The molecule has 1 atom stereocenters. The van der Waals surface area contributed by atoms with Gasteiger partial charge >= 0.3 is 5.97 Å². The largest absolute Gasteiger partial charge is 0.480 e. The summed E-state index contributed by atoms with van der Waals surface area (Å²) in [6.07, 6.45) is 0. The number of H-pyrrole nitrogens is 1. The topological polar surface area (TPSA) is 69.2 Å². The fourth-order valence-corrected chi connectivity index (χ4v) is 2.63. The molecule has 0 bridgehead atoms. The number of aryl methyl sites for hydroxylation is 1. The average molecular weight is 275 g/mol. The molecule has 1 heterocycles. The van der Waals surface area contributed by atoms with Crippen LogP contribution in [0.3, 0.4) is 0 Å². The molecule has 2 rings (SSSR count). The van der Waals surface area contributed by atoms with E-state index in [-0.39, 0.29) is 18.5 Å². The maximum absolute atomic E-state index is 10.9. The molecular formula is C15H21N3O2. The molecule has 0 aliphatic heterocycles. The molecule has 0 spiro atoms. The minimum Gasteiger partial charge on any atom is -0.480 e. The highest BCUT2D eigenvalue weighted by Crippen LogP contribution is 2.27. The SMILES string of the molecule is Cc1ccc2nc(C(C(C)C)N(C)CC(=O)O)[nH]c2c1. The molecule has 5 nitrogen and oxygen atoms in total. The first-order chi connectivity index (χ1) is 9.38. The number of hydrogen-bond donors (Lipinski definition) is 2. The summed E-state index contributed by atoms with van der Waals surface area (Å²) < 4.78 is 0. The van der Waals surface area contributed by atoms with Gasteiger partial charge in [-0.1, -0.05) is 19.9 Å². The van der Waals surface area contributed by atoms with Crippen molar-refractivity contribution in [1.29, 1.82) is 0 Å². The van der Waals surface area contributed by atoms with E-state index in [1.54, 1.807) is 0 Å². The minimum absolute atomic E-state index is 0.00107. The van der Waals surface area contributed by atoms with Crippen LogP contribution in [0.1, 0.15) is 31.3 Å². The second-order valence-corrected chi connectivity index (χ2v) is 5.64. The second-order valence-electron chi connectivity index (χ2n) is 5.64. The maximum atomic E-state index is 10.9. The van der Waals surface area contributed by atoms with Gasteiger partial charge in [-0.05, 0) is 37.6 Å². The minimum atomic E-state index is -0.829. The molecule has 1 aromatic heterocycles. The molecule has 1 aromatic carbocycles. The van der Waals surface area contributed by atoms with Gasteiger partial charge in [-0.25, -0.2) is 4.98 Å². The molecule has 1 unspecified atom stereocenters. The first-order valence-corrected chi connectivity index (χ1v) is 6.76. The maximum Gasteiger partial charge on any atom is 0.317 e. The molecule has 0 saturated heterocycles. The first kappa shape index (κ1) is 14.5. The number of hydrogen-bond acceptors (Lipinski definition) is 3. The molecule has 0 fully saturated rings. The highest BCUT2D eigenvalue weighted by Gasteiger charge is 2.25. The number of carboxylic acids is 1. The van der Waals surface area contributed by atoms with E-state index in [1.165, 1.54) is 5.56 Å². The Morgan fingerprint density at radius 3 is 2.75 bits per heavy atom. The third kappa shape index (κ3) is 2.99. The number of nitrogens with zero attached hydrogens (tertiary/aromatic N) is 2. The molecule has 2 N–H and O–H groups in total. The Hall–Kier alpha value is -1.88. The van der Waals surface area contributed by atoms with Crippen molar-refractivity contribution in [1.82, 2.24) is 14.9 Å². The smallest absolute Gasteiger partial charge is 0.317 e. The number of likely N-dealkylation sites (N-methyl/N-ethyl adjacent to an activating group) is 1. The lowest BCUT2D eigenvalue weighted by Crippen LogP contribution is -2.33. The van der Waals surface area contributed by atoms with Gasteiger partial charge in [0.2, 0.25) is 0 Å². The van der Waals surface area contributed by atoms with Crippen molar-refractivity contribution in [3.8, 4) is 0 Å². The van der Waals surface area contributed by atoms with E-state index in [0.717, 1.165) is 16.9 Å². The summed E-state index contributed by atoms with van der Waals surface area (Å²) in [6, 6.07) is 6.02. The van der Waals surface area contributed by atoms with Crippen LogP contribution in [0.15, 0.2) is 18.2 Å². The van der Waals surface area contributed by atoms with Crippen LogP contribution >= 0.6 is 0 Å². The average Bonchev–Trinajstić information content (AvgIpc) is 2.69. The molecular weight excluding hydrogens is 254 g/mol. The number of fused-ring (bicyclic) bond motifs is 1. The summed E-state index contributed by atoms with van der Waals surface area (Å²) in [4.78, 5) is 20.7. The van der Waals surface area contributed by atoms with E-state index in [0.29, 0.717) is 0 Å². The summed E-state index contributed by atoms with van der Waals surface area (Å²) in [5, 5.41) is 8.97. The predicted octanol–water partition coefficient (Wildman–Crippen LogP) is 2.58. The normalized spacial score (nSPS) is 13.3. The summed E-state index contributed by atoms with van der Waals surface area (Å²) >= 11 is 0. The fourth-order valence-electron chi connectivity index (χ4n) is 2.63. The quantitative estimate of drug-likeness (QED) is 0.880. The first-order valence-electron chi connectivity index (χ1n) is 6.76. The van der Waals surface area contributed by atoms with Crippen molar-refractivity contribution in [3.05, 3.63) is 29.6 Å². The highest BCUT2D eigenvalue weighted by atomic mass is 16.4. The zero-order valence-electron chi connectivity index (χ0n) is 12.3. The molecule has 0 amide bonds. The molecule has 0 radical (unpaired) electrons. The van der Waals surface area contributed by atoms with Gasteiger partial charge in [0.15, 0.2) is 0 Å². The molecule has 0 aliphatic rings. The van der Waals surface area contributed by atoms with Crippen molar-refractivity contribution in [2.75, 3.05) is 13.6 Å². The third-order valence-corrected chi connectivity index (χ3v) is 3.43. The lowest BCUT2D eigenvalue weighted by atomic mass is 10.0. The Bertz CT molecular complexity index is 619. The van der Waals surface area contributed by atoms with Crippen LogP contribution in [-0.2, 0) is 4.79 Å². The lowest BCUT2D eigenvalue weighted by Gasteiger charge is -2.28. The molecule has 20 heavy (non-hydrogen) atoms. The van der Waals surface area contributed by atoms with Crippen LogP contribution in [0.5, 0.6) is 0 Å². The van der Waals surface area contributed by atoms with Gasteiger partial charge in [0.1, 0.15) is 5.82 Å². The van der Waals surface area contributed by atoms with Gasteiger partial charge in [-0.3, -0.25) is 9.69 Å². The number of aromatic nitrogens is 2. The Morgan fingerprint density at radius 1 is 1.45 bits per heavy atom. The van der Waals surface area contributed by atoms with Gasteiger partial charge in [0.05, 0.1) is 23.6 Å². The number of aromatic amines is 1. The summed E-state index contributed by atoms with van der Waals surface area (Å²) in [7, 11) is 1.82. The van der Waals surface area contributed by atoms with Crippen LogP contribution in [0, 0.1) is 12.8 Å². The van der Waals surface area contributed by atoms with Crippen LogP contribution in [0.2, 0.25) is 0 Å². The van der Waals surface area contributed by atoms with Crippen molar-refractivity contribution in [2.45, 2.75) is 26.8 Å². The third-order valence-electron chi connectivity index (χ3n) is 3.43. The van der Waals surface area contributed by atoms with E-state index < -0.39 is 5.97 Å². The second kappa shape index (κ2) is 5.63. The van der Waals surface area contributed by atoms with E-state index in [9.17, 15) is 4.79 Å². The monoisotopic (exact) mass is 275 g/mol. The van der Waals surface area contributed by atoms with E-state index >= 15 is 0 Å². The number of carbonyl (C=O) groups is 1. The predicted molar refractivity (Wildman–Crippen MR) is 78.7 cm³/mol. The number of nitrogens with one attached hydrogen (secondary N) is 1. The number of imidazole rings is 1. The molecule has 0 saturated carbocycles.